The normalized spacial score (nSPS) is 11.6. The zero-order valence-corrected chi connectivity index (χ0v) is 26.8. The van der Waals surface area contributed by atoms with E-state index in [9.17, 15) is 0 Å². The third-order valence-electron chi connectivity index (χ3n) is 9.61. The van der Waals surface area contributed by atoms with Crippen molar-refractivity contribution in [3.8, 4) is 45.4 Å². The van der Waals surface area contributed by atoms with Gasteiger partial charge in [0.15, 0.2) is 11.6 Å². The van der Waals surface area contributed by atoms with E-state index in [0.29, 0.717) is 11.6 Å². The lowest BCUT2D eigenvalue weighted by Gasteiger charge is -2.15. The lowest BCUT2D eigenvalue weighted by Crippen LogP contribution is -2.00. The topological polar surface area (TPSA) is 64.5 Å². The molecule has 7 aromatic carbocycles. The maximum absolute atomic E-state index is 5.20. The van der Waals surface area contributed by atoms with Gasteiger partial charge < -0.3 is 0 Å². The van der Waals surface area contributed by atoms with E-state index in [0.717, 1.165) is 66.1 Å². The maximum Gasteiger partial charge on any atom is 0.198 e. The summed E-state index contributed by atoms with van der Waals surface area (Å²) in [6.07, 6.45) is 5.47. The van der Waals surface area contributed by atoms with Crippen molar-refractivity contribution in [1.29, 1.82) is 0 Å². The monoisotopic (exact) mass is 637 g/mol. The van der Waals surface area contributed by atoms with Crippen molar-refractivity contribution in [2.75, 3.05) is 0 Å². The van der Waals surface area contributed by atoms with Gasteiger partial charge in [-0.1, -0.05) is 121 Å². The van der Waals surface area contributed by atoms with Crippen molar-refractivity contribution < 1.29 is 0 Å². The Bertz CT molecular complexity index is 2790. The highest BCUT2D eigenvalue weighted by atomic mass is 15.0. The van der Waals surface area contributed by atoms with Crippen LogP contribution in [0.25, 0.3) is 99.3 Å². The smallest absolute Gasteiger partial charge is 0.198 e. The van der Waals surface area contributed by atoms with E-state index in [1.807, 2.05) is 36.8 Å². The van der Waals surface area contributed by atoms with Gasteiger partial charge in [-0.05, 0) is 72.7 Å². The number of hydrogen-bond donors (Lipinski definition) is 0. The van der Waals surface area contributed by atoms with Crippen molar-refractivity contribution in [1.82, 2.24) is 24.9 Å². The van der Waals surface area contributed by atoms with Crippen molar-refractivity contribution in [3.05, 3.63) is 164 Å². The first-order chi connectivity index (χ1) is 24.8. The van der Waals surface area contributed by atoms with Gasteiger partial charge in [0.05, 0.1) is 17.1 Å². The predicted octanol–water partition coefficient (Wildman–Crippen LogP) is 11.1. The van der Waals surface area contributed by atoms with Crippen LogP contribution in [0.5, 0.6) is 0 Å². The Balaban J connectivity index is 1.22. The lowest BCUT2D eigenvalue weighted by atomic mass is 9.93. The Morgan fingerprint density at radius 1 is 0.340 bits per heavy atom. The van der Waals surface area contributed by atoms with Crippen LogP contribution in [0.15, 0.2) is 164 Å². The first kappa shape index (κ1) is 28.2. The van der Waals surface area contributed by atoms with Crippen LogP contribution in [0.4, 0.5) is 0 Å². The van der Waals surface area contributed by atoms with E-state index < -0.39 is 0 Å². The van der Waals surface area contributed by atoms with Gasteiger partial charge in [-0.25, -0.2) is 19.9 Å². The molecule has 0 spiro atoms. The van der Waals surface area contributed by atoms with Crippen LogP contribution < -0.4 is 0 Å². The summed E-state index contributed by atoms with van der Waals surface area (Å²) in [5, 5.41) is 11.5. The molecule has 50 heavy (non-hydrogen) atoms. The molecule has 5 nitrogen and oxygen atoms in total. The Morgan fingerprint density at radius 2 is 0.800 bits per heavy atom. The third kappa shape index (κ3) is 4.60. The van der Waals surface area contributed by atoms with E-state index in [2.05, 4.69) is 132 Å². The van der Waals surface area contributed by atoms with Crippen LogP contribution >= 0.6 is 0 Å². The Hall–Kier alpha value is -6.85. The molecule has 3 heterocycles. The summed E-state index contributed by atoms with van der Waals surface area (Å²) in [6.45, 7) is 0. The fourth-order valence-corrected chi connectivity index (χ4v) is 7.27. The molecule has 3 aromatic heterocycles. The molecule has 5 heteroatoms. The maximum atomic E-state index is 5.20. The lowest BCUT2D eigenvalue weighted by molar-refractivity contribution is 1.08. The molecule has 0 saturated heterocycles. The van der Waals surface area contributed by atoms with E-state index in [-0.39, 0.29) is 0 Å². The number of hydrogen-bond acceptors (Lipinski definition) is 5. The molecular formula is C45H27N5. The standard InChI is InChI=1S/C45H27N5/c1-6-16-34-28(11-1)21-22-46-43(34)31-26-47-44(48-27-31)45-49-41(39-23-29-12-2-4-14-32(29)35-17-7-9-19-37(35)39)25-42(50-45)40-24-30-13-3-5-15-33(30)36-18-8-10-20-38(36)40/h1-27H. The molecule has 0 N–H and O–H groups in total. The Labute approximate surface area is 287 Å². The first-order valence-electron chi connectivity index (χ1n) is 16.7. The van der Waals surface area contributed by atoms with Gasteiger partial charge in [0.2, 0.25) is 0 Å². The Morgan fingerprint density at radius 3 is 1.36 bits per heavy atom. The SMILES string of the molecule is c1ccc2c(-c3cnc(-c4nc(-c5cc6ccccc6c6ccccc56)cc(-c5cc6ccccc6c6ccccc56)n4)nc3)nccc2c1. The van der Waals surface area contributed by atoms with Crippen LogP contribution in [0.2, 0.25) is 0 Å². The first-order valence-corrected chi connectivity index (χ1v) is 16.7. The van der Waals surface area contributed by atoms with Gasteiger partial charge in [0.25, 0.3) is 0 Å². The second kappa shape index (κ2) is 11.4. The van der Waals surface area contributed by atoms with Gasteiger partial charge in [-0.3, -0.25) is 4.98 Å². The number of rotatable bonds is 4. The largest absolute Gasteiger partial charge is 0.255 e. The minimum atomic E-state index is 0.451. The molecular weight excluding hydrogens is 611 g/mol. The zero-order chi connectivity index (χ0) is 33.0. The molecule has 0 amide bonds. The van der Waals surface area contributed by atoms with Gasteiger partial charge in [-0.15, -0.1) is 0 Å². The summed E-state index contributed by atoms with van der Waals surface area (Å²) in [5.41, 5.74) is 5.37. The molecule has 10 rings (SSSR count). The average molecular weight is 638 g/mol. The number of nitrogens with zero attached hydrogens (tertiary/aromatic N) is 5. The van der Waals surface area contributed by atoms with Crippen molar-refractivity contribution >= 4 is 53.9 Å². The molecule has 0 atom stereocenters. The Kier molecular flexibility index (Phi) is 6.42. The summed E-state index contributed by atoms with van der Waals surface area (Å²) < 4.78 is 0. The van der Waals surface area contributed by atoms with E-state index in [4.69, 9.17) is 19.9 Å². The van der Waals surface area contributed by atoms with Crippen LogP contribution in [0, 0.1) is 0 Å². The van der Waals surface area contributed by atoms with Crippen LogP contribution in [-0.4, -0.2) is 24.9 Å². The molecule has 0 aliphatic carbocycles. The average Bonchev–Trinajstić information content (AvgIpc) is 3.20. The second-order valence-corrected chi connectivity index (χ2v) is 12.5. The summed E-state index contributed by atoms with van der Waals surface area (Å²) >= 11 is 0. The molecule has 232 valence electrons. The number of benzene rings is 7. The van der Waals surface area contributed by atoms with Crippen molar-refractivity contribution in [2.24, 2.45) is 0 Å². The molecule has 0 fully saturated rings. The fraction of sp³-hybridized carbons (Fsp3) is 0. The molecule has 0 bridgehead atoms. The minimum absolute atomic E-state index is 0.451. The van der Waals surface area contributed by atoms with Gasteiger partial charge in [-0.2, -0.15) is 0 Å². The van der Waals surface area contributed by atoms with E-state index in [1.165, 1.54) is 21.5 Å². The highest BCUT2D eigenvalue weighted by Gasteiger charge is 2.18. The highest BCUT2D eigenvalue weighted by molar-refractivity contribution is 6.15. The highest BCUT2D eigenvalue weighted by Crippen LogP contribution is 2.39. The van der Waals surface area contributed by atoms with Crippen LogP contribution in [0.1, 0.15) is 0 Å². The number of fused-ring (bicyclic) bond motifs is 7. The minimum Gasteiger partial charge on any atom is -0.255 e. The fourth-order valence-electron chi connectivity index (χ4n) is 7.27. The van der Waals surface area contributed by atoms with Crippen molar-refractivity contribution in [3.63, 3.8) is 0 Å². The van der Waals surface area contributed by atoms with Gasteiger partial charge in [0.1, 0.15) is 0 Å². The van der Waals surface area contributed by atoms with E-state index in [1.54, 1.807) is 0 Å². The van der Waals surface area contributed by atoms with Gasteiger partial charge >= 0.3 is 0 Å². The molecule has 10 aromatic rings. The predicted molar refractivity (Wildman–Crippen MR) is 205 cm³/mol. The summed E-state index contributed by atoms with van der Waals surface area (Å²) in [6, 6.07) is 50.9. The summed E-state index contributed by atoms with van der Waals surface area (Å²) in [7, 11) is 0. The molecule has 0 radical (unpaired) electrons. The number of aromatic nitrogens is 5. The molecule has 0 aliphatic rings. The summed E-state index contributed by atoms with van der Waals surface area (Å²) in [4.78, 5) is 24.8. The van der Waals surface area contributed by atoms with Crippen LogP contribution in [0.3, 0.4) is 0 Å². The van der Waals surface area contributed by atoms with Crippen LogP contribution in [-0.2, 0) is 0 Å². The quantitative estimate of drug-likeness (QED) is 0.180. The second-order valence-electron chi connectivity index (χ2n) is 12.5. The summed E-state index contributed by atoms with van der Waals surface area (Å²) in [5.74, 6) is 0.914. The van der Waals surface area contributed by atoms with Gasteiger partial charge in [0, 0.05) is 40.7 Å². The zero-order valence-electron chi connectivity index (χ0n) is 26.8. The third-order valence-corrected chi connectivity index (χ3v) is 9.61. The van der Waals surface area contributed by atoms with Crippen molar-refractivity contribution in [2.45, 2.75) is 0 Å². The molecule has 0 unspecified atom stereocenters. The number of pyridine rings is 1. The molecule has 0 saturated carbocycles. The van der Waals surface area contributed by atoms with E-state index >= 15 is 0 Å². The molecule has 0 aliphatic heterocycles.